The van der Waals surface area contributed by atoms with E-state index in [4.69, 9.17) is 0 Å². The Morgan fingerprint density at radius 2 is 1.58 bits per heavy atom. The molecule has 0 aliphatic heterocycles. The van der Waals surface area contributed by atoms with Gasteiger partial charge in [0.2, 0.25) is 0 Å². The van der Waals surface area contributed by atoms with Crippen LogP contribution >= 0.6 is 15.9 Å². The van der Waals surface area contributed by atoms with E-state index in [1.165, 1.54) is 4.68 Å². The number of hydrogen-bond donors (Lipinski definition) is 1. The summed E-state index contributed by atoms with van der Waals surface area (Å²) in [4.78, 5) is 25.9. The molecule has 0 radical (unpaired) electrons. The number of benzene rings is 2. The van der Waals surface area contributed by atoms with Gasteiger partial charge < -0.3 is 5.32 Å². The first-order valence-corrected chi connectivity index (χ1v) is 10.6. The molecule has 158 valence electrons. The fourth-order valence-corrected chi connectivity index (χ4v) is 3.77. The van der Waals surface area contributed by atoms with Gasteiger partial charge in [0.05, 0.1) is 32.9 Å². The number of anilines is 1. The highest BCUT2D eigenvalue weighted by atomic mass is 79.9. The van der Waals surface area contributed by atoms with Crippen LogP contribution in [-0.4, -0.2) is 25.1 Å². The van der Waals surface area contributed by atoms with Crippen molar-refractivity contribution in [2.24, 2.45) is 7.05 Å². The fraction of sp³-hybridized carbons (Fsp3) is 0.174. The molecule has 0 bridgehead atoms. The van der Waals surface area contributed by atoms with Gasteiger partial charge in [0.1, 0.15) is 5.69 Å². The van der Waals surface area contributed by atoms with Gasteiger partial charge in [-0.15, -0.1) is 0 Å². The van der Waals surface area contributed by atoms with Crippen LogP contribution in [0.25, 0.3) is 11.4 Å². The minimum Gasteiger partial charge on any atom is -0.316 e. The van der Waals surface area contributed by atoms with Gasteiger partial charge in [-0.25, -0.2) is 9.36 Å². The molecule has 2 heterocycles. The summed E-state index contributed by atoms with van der Waals surface area (Å²) < 4.78 is 6.05. The molecule has 2 aromatic heterocycles. The summed E-state index contributed by atoms with van der Waals surface area (Å²) in [6, 6.07) is 16.4. The molecule has 0 aliphatic rings. The van der Waals surface area contributed by atoms with E-state index in [9.17, 15) is 9.59 Å². The van der Waals surface area contributed by atoms with Crippen LogP contribution in [0.2, 0.25) is 0 Å². The molecule has 8 heteroatoms. The Morgan fingerprint density at radius 1 is 0.935 bits per heavy atom. The van der Waals surface area contributed by atoms with E-state index in [0.717, 1.165) is 27.2 Å². The maximum Gasteiger partial charge on any atom is 0.295 e. The second kappa shape index (κ2) is 8.03. The molecule has 0 fully saturated rings. The number of nitrogens with zero attached hydrogens (tertiary/aromatic N) is 4. The lowest BCUT2D eigenvalue weighted by Crippen LogP contribution is -2.23. The molecular weight excluding hydrogens is 458 g/mol. The largest absolute Gasteiger partial charge is 0.316 e. The lowest BCUT2D eigenvalue weighted by molar-refractivity contribution is 0.102. The lowest BCUT2D eigenvalue weighted by Gasteiger charge is -2.07. The van der Waals surface area contributed by atoms with E-state index in [2.05, 4.69) is 26.3 Å². The third kappa shape index (κ3) is 3.63. The monoisotopic (exact) mass is 479 g/mol. The van der Waals surface area contributed by atoms with E-state index < -0.39 is 0 Å². The van der Waals surface area contributed by atoms with E-state index in [-0.39, 0.29) is 17.2 Å². The average molecular weight is 480 g/mol. The average Bonchev–Trinajstić information content (AvgIpc) is 3.16. The predicted molar refractivity (Wildman–Crippen MR) is 124 cm³/mol. The Hall–Kier alpha value is -3.39. The first-order chi connectivity index (χ1) is 14.8. The van der Waals surface area contributed by atoms with Crippen LogP contribution in [0.1, 0.15) is 27.4 Å². The van der Waals surface area contributed by atoms with Crippen molar-refractivity contribution in [2.45, 2.75) is 20.8 Å². The number of rotatable bonds is 4. The molecule has 1 N–H and O–H groups in total. The Bertz CT molecular complexity index is 1330. The zero-order valence-corrected chi connectivity index (χ0v) is 19.3. The van der Waals surface area contributed by atoms with E-state index in [1.807, 2.05) is 61.0 Å². The molecule has 0 atom stereocenters. The van der Waals surface area contributed by atoms with Crippen LogP contribution in [-0.2, 0) is 7.05 Å². The number of aromatic nitrogens is 4. The molecule has 0 saturated heterocycles. The molecule has 0 unspecified atom stereocenters. The van der Waals surface area contributed by atoms with Gasteiger partial charge in [-0.3, -0.25) is 14.3 Å². The van der Waals surface area contributed by atoms with Crippen LogP contribution in [0.5, 0.6) is 0 Å². The Kier molecular flexibility index (Phi) is 5.41. The molecule has 0 aliphatic carbocycles. The molecule has 31 heavy (non-hydrogen) atoms. The minimum absolute atomic E-state index is 0.267. The van der Waals surface area contributed by atoms with E-state index in [0.29, 0.717) is 11.3 Å². The number of hydrogen-bond acceptors (Lipinski definition) is 3. The van der Waals surface area contributed by atoms with Gasteiger partial charge in [-0.2, -0.15) is 5.10 Å². The second-order valence-electron chi connectivity index (χ2n) is 7.33. The normalized spacial score (nSPS) is 11.0. The number of para-hydroxylation sites is 1. The summed E-state index contributed by atoms with van der Waals surface area (Å²) >= 11 is 3.53. The number of amides is 1. The van der Waals surface area contributed by atoms with Crippen molar-refractivity contribution < 1.29 is 4.79 Å². The van der Waals surface area contributed by atoms with Gasteiger partial charge in [-0.1, -0.05) is 18.2 Å². The van der Waals surface area contributed by atoms with Crippen molar-refractivity contribution in [3.63, 3.8) is 0 Å². The Balaban J connectivity index is 1.62. The topological polar surface area (TPSA) is 73.8 Å². The Morgan fingerprint density at radius 3 is 2.16 bits per heavy atom. The highest BCUT2D eigenvalue weighted by Crippen LogP contribution is 2.23. The number of nitrogens with one attached hydrogen (secondary N) is 1. The van der Waals surface area contributed by atoms with Crippen molar-refractivity contribution in [1.82, 2.24) is 19.1 Å². The number of aryl methyl sites for hydroxylation is 1. The summed E-state index contributed by atoms with van der Waals surface area (Å²) in [7, 11) is 1.79. The highest BCUT2D eigenvalue weighted by Gasteiger charge is 2.19. The van der Waals surface area contributed by atoms with Crippen molar-refractivity contribution in [3.8, 4) is 11.4 Å². The van der Waals surface area contributed by atoms with Crippen LogP contribution < -0.4 is 10.9 Å². The van der Waals surface area contributed by atoms with Gasteiger partial charge in [0.15, 0.2) is 0 Å². The van der Waals surface area contributed by atoms with Crippen LogP contribution in [0, 0.1) is 20.8 Å². The van der Waals surface area contributed by atoms with Crippen molar-refractivity contribution in [2.75, 3.05) is 5.32 Å². The highest BCUT2D eigenvalue weighted by molar-refractivity contribution is 9.10. The van der Waals surface area contributed by atoms with Crippen molar-refractivity contribution in [1.29, 1.82) is 0 Å². The summed E-state index contributed by atoms with van der Waals surface area (Å²) in [5.74, 6) is -0.341. The van der Waals surface area contributed by atoms with Crippen LogP contribution in [0.4, 0.5) is 5.69 Å². The molecule has 0 saturated carbocycles. The first-order valence-electron chi connectivity index (χ1n) is 9.77. The first kappa shape index (κ1) is 20.9. The van der Waals surface area contributed by atoms with Gasteiger partial charge in [0, 0.05) is 12.6 Å². The van der Waals surface area contributed by atoms with Crippen LogP contribution in [0.15, 0.2) is 63.9 Å². The predicted octanol–water partition coefficient (Wildman–Crippen LogP) is 4.30. The molecule has 4 rings (SSSR count). The number of carbonyl (C=O) groups is 1. The third-order valence-corrected chi connectivity index (χ3v) is 6.52. The zero-order valence-electron chi connectivity index (χ0n) is 17.7. The van der Waals surface area contributed by atoms with Crippen molar-refractivity contribution in [3.05, 3.63) is 92.1 Å². The van der Waals surface area contributed by atoms with E-state index >= 15 is 0 Å². The summed E-state index contributed by atoms with van der Waals surface area (Å²) in [6.45, 7) is 5.71. The van der Waals surface area contributed by atoms with Crippen molar-refractivity contribution >= 4 is 27.5 Å². The molecule has 2 aromatic carbocycles. The fourth-order valence-electron chi connectivity index (χ4n) is 3.53. The Labute approximate surface area is 188 Å². The zero-order chi connectivity index (χ0) is 22.3. The van der Waals surface area contributed by atoms with Crippen LogP contribution in [0.3, 0.4) is 0 Å². The maximum atomic E-state index is 13.0. The molecular formula is C23H22BrN5O2. The summed E-state index contributed by atoms with van der Waals surface area (Å²) in [5.41, 5.74) is 4.59. The quantitative estimate of drug-likeness (QED) is 0.474. The molecule has 1 amide bonds. The molecule has 4 aromatic rings. The van der Waals surface area contributed by atoms with Gasteiger partial charge >= 0.3 is 0 Å². The lowest BCUT2D eigenvalue weighted by atomic mass is 10.2. The second-order valence-corrected chi connectivity index (χ2v) is 8.13. The van der Waals surface area contributed by atoms with Gasteiger partial charge in [-0.05, 0) is 73.1 Å². The molecule has 7 nitrogen and oxygen atoms in total. The maximum absolute atomic E-state index is 13.0. The SMILES string of the molecule is Cc1nn(-c2ccc(C(=O)Nc3c(C)n(C)n(-c4ccccc4)c3=O)cc2)c(C)c1Br. The molecule has 0 spiro atoms. The number of halogens is 1. The smallest absolute Gasteiger partial charge is 0.295 e. The third-order valence-electron chi connectivity index (χ3n) is 5.37. The summed E-state index contributed by atoms with van der Waals surface area (Å²) in [5, 5.41) is 7.30. The van der Waals surface area contributed by atoms with E-state index in [1.54, 1.807) is 30.8 Å². The van der Waals surface area contributed by atoms with Gasteiger partial charge in [0.25, 0.3) is 11.5 Å². The minimum atomic E-state index is -0.341. The summed E-state index contributed by atoms with van der Waals surface area (Å²) in [6.07, 6.45) is 0. The number of carbonyl (C=O) groups excluding carboxylic acids is 1. The standard InChI is InChI=1S/C23H22BrN5O2/c1-14-20(24)15(2)28(26-14)18-12-10-17(11-13-18)22(30)25-21-16(3)27(4)29(23(21)31)19-8-6-5-7-9-19/h5-13H,1-4H3,(H,25,30).